The van der Waals surface area contributed by atoms with Crippen LogP contribution in [0, 0.1) is 5.82 Å². The molecule has 2 aromatic rings. The zero-order valence-corrected chi connectivity index (χ0v) is 11.6. The number of benzene rings is 1. The molecule has 1 N–H and O–H groups in total. The van der Waals surface area contributed by atoms with E-state index in [1.165, 1.54) is 12.1 Å². The van der Waals surface area contributed by atoms with Gasteiger partial charge in [0.15, 0.2) is 0 Å². The summed E-state index contributed by atoms with van der Waals surface area (Å²) in [5.41, 5.74) is 0.981. The smallest absolute Gasteiger partial charge is 0.134 e. The van der Waals surface area contributed by atoms with Crippen LogP contribution >= 0.6 is 11.6 Å². The average Bonchev–Trinajstić information content (AvgIpc) is 2.38. The molecule has 0 fully saturated rings. The van der Waals surface area contributed by atoms with Gasteiger partial charge in [-0.25, -0.2) is 14.4 Å². The van der Waals surface area contributed by atoms with E-state index in [2.05, 4.69) is 15.3 Å². The Hall–Kier alpha value is -1.68. The predicted octanol–water partition coefficient (Wildman–Crippen LogP) is 4.00. The third-order valence-corrected chi connectivity index (χ3v) is 2.99. The predicted molar refractivity (Wildman–Crippen MR) is 74.9 cm³/mol. The Labute approximate surface area is 116 Å². The van der Waals surface area contributed by atoms with E-state index in [9.17, 15) is 4.39 Å². The van der Waals surface area contributed by atoms with Crippen LogP contribution in [0.1, 0.15) is 31.3 Å². The van der Waals surface area contributed by atoms with E-state index < -0.39 is 0 Å². The molecule has 0 saturated carbocycles. The van der Waals surface area contributed by atoms with Gasteiger partial charge in [0.25, 0.3) is 0 Å². The van der Waals surface area contributed by atoms with Crippen molar-refractivity contribution in [3.63, 3.8) is 0 Å². The Bertz CT molecular complexity index is 557. The molecular weight excluding hydrogens is 265 g/mol. The third kappa shape index (κ3) is 3.64. The van der Waals surface area contributed by atoms with E-state index in [4.69, 9.17) is 11.6 Å². The summed E-state index contributed by atoms with van der Waals surface area (Å²) in [7, 11) is 0. The minimum absolute atomic E-state index is 0.0104. The van der Waals surface area contributed by atoms with E-state index in [1.807, 2.05) is 13.8 Å². The van der Waals surface area contributed by atoms with E-state index in [-0.39, 0.29) is 11.9 Å². The van der Waals surface area contributed by atoms with Crippen molar-refractivity contribution in [1.29, 1.82) is 0 Å². The Morgan fingerprint density at radius 2 is 1.95 bits per heavy atom. The molecule has 0 spiro atoms. The molecule has 1 heterocycles. The maximum Gasteiger partial charge on any atom is 0.134 e. The molecule has 0 bridgehead atoms. The molecule has 19 heavy (non-hydrogen) atoms. The number of anilines is 1. The van der Waals surface area contributed by atoms with E-state index in [1.54, 1.807) is 18.2 Å². The van der Waals surface area contributed by atoms with Gasteiger partial charge in [0.1, 0.15) is 22.6 Å². The first-order valence-electron chi connectivity index (χ1n) is 6.14. The zero-order chi connectivity index (χ0) is 13.8. The van der Waals surface area contributed by atoms with Gasteiger partial charge in [-0.05, 0) is 24.6 Å². The lowest BCUT2D eigenvalue weighted by atomic mass is 10.1. The first-order valence-corrected chi connectivity index (χ1v) is 6.51. The first-order chi connectivity index (χ1) is 9.08. The van der Waals surface area contributed by atoms with Crippen LogP contribution in [0.15, 0.2) is 30.3 Å². The lowest BCUT2D eigenvalue weighted by Crippen LogP contribution is -2.09. The van der Waals surface area contributed by atoms with E-state index in [0.717, 1.165) is 12.0 Å². The second-order valence-electron chi connectivity index (χ2n) is 4.26. The maximum absolute atomic E-state index is 12.9. The normalized spacial score (nSPS) is 12.2. The molecule has 0 amide bonds. The minimum Gasteiger partial charge on any atom is -0.363 e. The number of aromatic nitrogens is 2. The molecule has 1 aromatic heterocycles. The molecule has 3 nitrogen and oxygen atoms in total. The number of hydrogen-bond donors (Lipinski definition) is 1. The second-order valence-corrected chi connectivity index (χ2v) is 4.65. The highest BCUT2D eigenvalue weighted by atomic mass is 35.5. The van der Waals surface area contributed by atoms with Gasteiger partial charge < -0.3 is 5.32 Å². The Morgan fingerprint density at radius 1 is 1.26 bits per heavy atom. The molecule has 2 rings (SSSR count). The summed E-state index contributed by atoms with van der Waals surface area (Å²) < 4.78 is 12.9. The Balaban J connectivity index is 2.16. The van der Waals surface area contributed by atoms with Crippen molar-refractivity contribution in [3.05, 3.63) is 52.7 Å². The van der Waals surface area contributed by atoms with Gasteiger partial charge in [-0.3, -0.25) is 0 Å². The van der Waals surface area contributed by atoms with Gasteiger partial charge in [-0.2, -0.15) is 0 Å². The van der Waals surface area contributed by atoms with Crippen molar-refractivity contribution in [1.82, 2.24) is 9.97 Å². The Morgan fingerprint density at radius 3 is 2.58 bits per heavy atom. The quantitative estimate of drug-likeness (QED) is 0.860. The molecule has 100 valence electrons. The average molecular weight is 280 g/mol. The molecule has 0 aliphatic carbocycles. The summed E-state index contributed by atoms with van der Waals surface area (Å²) in [6.07, 6.45) is 0.722. The monoisotopic (exact) mass is 279 g/mol. The highest BCUT2D eigenvalue weighted by molar-refractivity contribution is 6.29. The summed E-state index contributed by atoms with van der Waals surface area (Å²) in [5, 5.41) is 3.65. The third-order valence-electron chi connectivity index (χ3n) is 2.79. The number of hydrogen-bond acceptors (Lipinski definition) is 3. The summed E-state index contributed by atoms with van der Waals surface area (Å²) in [4.78, 5) is 8.46. The van der Waals surface area contributed by atoms with Crippen LogP contribution in [-0.4, -0.2) is 9.97 Å². The lowest BCUT2D eigenvalue weighted by molar-refractivity contribution is 0.626. The number of rotatable bonds is 4. The van der Waals surface area contributed by atoms with Gasteiger partial charge in [-0.1, -0.05) is 30.7 Å². The van der Waals surface area contributed by atoms with Crippen LogP contribution in [0.3, 0.4) is 0 Å². The molecule has 1 aromatic carbocycles. The molecule has 0 aliphatic heterocycles. The fourth-order valence-corrected chi connectivity index (χ4v) is 1.95. The van der Waals surface area contributed by atoms with Crippen LogP contribution in [0.25, 0.3) is 0 Å². The van der Waals surface area contributed by atoms with E-state index in [0.29, 0.717) is 16.8 Å². The van der Waals surface area contributed by atoms with Crippen molar-refractivity contribution in [2.75, 3.05) is 5.32 Å². The Kier molecular flexibility index (Phi) is 4.32. The fraction of sp³-hybridized carbons (Fsp3) is 0.286. The first kappa shape index (κ1) is 13.7. The van der Waals surface area contributed by atoms with Crippen LogP contribution in [-0.2, 0) is 6.42 Å². The van der Waals surface area contributed by atoms with Gasteiger partial charge in [0.05, 0.1) is 0 Å². The second kappa shape index (κ2) is 5.97. The highest BCUT2D eigenvalue weighted by Gasteiger charge is 2.08. The topological polar surface area (TPSA) is 37.8 Å². The summed E-state index contributed by atoms with van der Waals surface area (Å²) >= 11 is 5.94. The van der Waals surface area contributed by atoms with Crippen molar-refractivity contribution >= 4 is 17.4 Å². The van der Waals surface area contributed by atoms with Gasteiger partial charge in [0.2, 0.25) is 0 Å². The fourth-order valence-electron chi connectivity index (χ4n) is 1.75. The number of nitrogens with zero attached hydrogens (tertiary/aromatic N) is 2. The highest BCUT2D eigenvalue weighted by Crippen LogP contribution is 2.20. The van der Waals surface area contributed by atoms with Gasteiger partial charge >= 0.3 is 0 Å². The van der Waals surface area contributed by atoms with Gasteiger partial charge in [-0.15, -0.1) is 0 Å². The largest absolute Gasteiger partial charge is 0.363 e. The number of nitrogens with one attached hydrogen (secondary N) is 1. The van der Waals surface area contributed by atoms with E-state index >= 15 is 0 Å². The van der Waals surface area contributed by atoms with Crippen molar-refractivity contribution in [2.45, 2.75) is 26.3 Å². The van der Waals surface area contributed by atoms with Gasteiger partial charge in [0, 0.05) is 18.5 Å². The van der Waals surface area contributed by atoms with Crippen molar-refractivity contribution in [2.24, 2.45) is 0 Å². The molecular formula is C14H15ClFN3. The molecule has 1 unspecified atom stereocenters. The molecule has 0 radical (unpaired) electrons. The van der Waals surface area contributed by atoms with Crippen LogP contribution in [0.5, 0.6) is 0 Å². The SMILES string of the molecule is CCc1nc(Cl)cc(NC(C)c2ccc(F)cc2)n1. The molecule has 5 heteroatoms. The number of aryl methyl sites for hydroxylation is 1. The van der Waals surface area contributed by atoms with Crippen LogP contribution < -0.4 is 5.32 Å². The minimum atomic E-state index is -0.241. The molecule has 1 atom stereocenters. The summed E-state index contributed by atoms with van der Waals surface area (Å²) in [6.45, 7) is 3.95. The lowest BCUT2D eigenvalue weighted by Gasteiger charge is -2.15. The summed E-state index contributed by atoms with van der Waals surface area (Å²) in [5.74, 6) is 1.13. The molecule has 0 saturated heterocycles. The standard InChI is InChI=1S/C14H15ClFN3/c1-3-13-18-12(15)8-14(19-13)17-9(2)10-4-6-11(16)7-5-10/h4-9H,3H2,1-2H3,(H,17,18,19). The van der Waals surface area contributed by atoms with Crippen molar-refractivity contribution < 1.29 is 4.39 Å². The molecule has 0 aliphatic rings. The number of halogens is 2. The van der Waals surface area contributed by atoms with Crippen molar-refractivity contribution in [3.8, 4) is 0 Å². The van der Waals surface area contributed by atoms with Crippen LogP contribution in [0.2, 0.25) is 5.15 Å². The summed E-state index contributed by atoms with van der Waals surface area (Å²) in [6, 6.07) is 8.07. The van der Waals surface area contributed by atoms with Crippen LogP contribution in [0.4, 0.5) is 10.2 Å². The maximum atomic E-state index is 12.9. The zero-order valence-electron chi connectivity index (χ0n) is 10.8.